The summed E-state index contributed by atoms with van der Waals surface area (Å²) in [4.78, 5) is 23.0. The van der Waals surface area contributed by atoms with E-state index in [0.717, 1.165) is 32.8 Å². The molecule has 1 aromatic heterocycles. The number of ether oxygens (including phenoxy) is 4. The molecule has 1 saturated heterocycles. The number of hydrogen-bond acceptors (Lipinski definition) is 8. The number of amides is 1. The van der Waals surface area contributed by atoms with Gasteiger partial charge in [-0.1, -0.05) is 0 Å². The number of nitrogens with one attached hydrogen (secondary N) is 1. The molecule has 1 aliphatic rings. The van der Waals surface area contributed by atoms with Gasteiger partial charge in [0.05, 0.1) is 33.5 Å². The summed E-state index contributed by atoms with van der Waals surface area (Å²) in [5.74, 6) is 1.75. The first-order valence-electron chi connectivity index (χ1n) is 9.45. The molecular formula is C20H26N4O5. The van der Waals surface area contributed by atoms with Crippen LogP contribution in [0.4, 0.5) is 0 Å². The largest absolute Gasteiger partial charge is 0.486 e. The second-order valence-corrected chi connectivity index (χ2v) is 6.39. The highest BCUT2D eigenvalue weighted by atomic mass is 16.5. The highest BCUT2D eigenvalue weighted by Crippen LogP contribution is 2.17. The standard InChI is InChI=1S/C20H26N4O5/c1-26-18-13-19(27-2)23-17(22-18)14-29-16-5-3-15(4-6-16)20(25)21-7-8-24-9-11-28-12-10-24/h3-6,13H,7-12,14H2,1-2H3,(H,21,25). The van der Waals surface area contributed by atoms with Crippen LogP contribution in [0.3, 0.4) is 0 Å². The second-order valence-electron chi connectivity index (χ2n) is 6.39. The molecule has 0 saturated carbocycles. The van der Waals surface area contributed by atoms with Crippen molar-refractivity contribution in [3.63, 3.8) is 0 Å². The van der Waals surface area contributed by atoms with Gasteiger partial charge in [-0.2, -0.15) is 9.97 Å². The van der Waals surface area contributed by atoms with Crippen molar-refractivity contribution in [2.24, 2.45) is 0 Å². The van der Waals surface area contributed by atoms with Gasteiger partial charge in [0.25, 0.3) is 5.91 Å². The van der Waals surface area contributed by atoms with Crippen molar-refractivity contribution in [1.82, 2.24) is 20.2 Å². The summed E-state index contributed by atoms with van der Waals surface area (Å²) in [6.45, 7) is 4.90. The summed E-state index contributed by atoms with van der Waals surface area (Å²) in [7, 11) is 3.05. The van der Waals surface area contributed by atoms with Crippen LogP contribution >= 0.6 is 0 Å². The number of carbonyl (C=O) groups is 1. The maximum absolute atomic E-state index is 12.3. The van der Waals surface area contributed by atoms with Crippen molar-refractivity contribution < 1.29 is 23.7 Å². The smallest absolute Gasteiger partial charge is 0.251 e. The lowest BCUT2D eigenvalue weighted by atomic mass is 10.2. The highest BCUT2D eigenvalue weighted by Gasteiger charge is 2.11. The van der Waals surface area contributed by atoms with Gasteiger partial charge < -0.3 is 24.3 Å². The summed E-state index contributed by atoms with van der Waals surface area (Å²) in [6, 6.07) is 8.54. The number of hydrogen-bond donors (Lipinski definition) is 1. The summed E-state index contributed by atoms with van der Waals surface area (Å²) < 4.78 is 21.3. The number of aromatic nitrogens is 2. The van der Waals surface area contributed by atoms with Gasteiger partial charge in [-0.25, -0.2) is 0 Å². The third kappa shape index (κ3) is 6.30. The van der Waals surface area contributed by atoms with Crippen molar-refractivity contribution in [3.8, 4) is 17.5 Å². The Kier molecular flexibility index (Phi) is 7.60. The lowest BCUT2D eigenvalue weighted by molar-refractivity contribution is 0.0383. The highest BCUT2D eigenvalue weighted by molar-refractivity contribution is 5.94. The predicted octanol–water partition coefficient (Wildman–Crippen LogP) is 1.13. The van der Waals surface area contributed by atoms with Gasteiger partial charge in [-0.05, 0) is 24.3 Å². The Morgan fingerprint density at radius 3 is 2.38 bits per heavy atom. The lowest BCUT2D eigenvalue weighted by Gasteiger charge is -2.26. The first-order chi connectivity index (χ1) is 14.2. The van der Waals surface area contributed by atoms with E-state index in [0.29, 0.717) is 35.4 Å². The Morgan fingerprint density at radius 1 is 1.10 bits per heavy atom. The molecule has 1 amide bonds. The number of rotatable bonds is 9. The number of nitrogens with zero attached hydrogens (tertiary/aromatic N) is 3. The van der Waals surface area contributed by atoms with Crippen LogP contribution in [0.5, 0.6) is 17.5 Å². The SMILES string of the molecule is COc1cc(OC)nc(COc2ccc(C(=O)NCCN3CCOCC3)cc2)n1. The summed E-state index contributed by atoms with van der Waals surface area (Å²) in [6.07, 6.45) is 0. The normalized spacial score (nSPS) is 14.3. The molecule has 1 fully saturated rings. The molecule has 1 N–H and O–H groups in total. The number of morpholine rings is 1. The van der Waals surface area contributed by atoms with Crippen molar-refractivity contribution in [3.05, 3.63) is 41.7 Å². The minimum Gasteiger partial charge on any atom is -0.486 e. The van der Waals surface area contributed by atoms with E-state index in [9.17, 15) is 4.79 Å². The molecule has 3 rings (SSSR count). The molecule has 2 heterocycles. The van der Waals surface area contributed by atoms with E-state index in [1.807, 2.05) is 0 Å². The average Bonchev–Trinajstić information content (AvgIpc) is 2.78. The van der Waals surface area contributed by atoms with Crippen LogP contribution in [0.1, 0.15) is 16.2 Å². The molecule has 9 nitrogen and oxygen atoms in total. The van der Waals surface area contributed by atoms with E-state index in [1.54, 1.807) is 30.3 Å². The second kappa shape index (κ2) is 10.6. The zero-order valence-corrected chi connectivity index (χ0v) is 16.7. The van der Waals surface area contributed by atoms with Crippen LogP contribution in [-0.2, 0) is 11.3 Å². The molecule has 0 bridgehead atoms. The van der Waals surface area contributed by atoms with E-state index < -0.39 is 0 Å². The third-order valence-electron chi connectivity index (χ3n) is 4.45. The Labute approximate surface area is 169 Å². The Bertz CT molecular complexity index is 772. The number of benzene rings is 1. The van der Waals surface area contributed by atoms with Crippen molar-refractivity contribution >= 4 is 5.91 Å². The van der Waals surface area contributed by atoms with E-state index >= 15 is 0 Å². The van der Waals surface area contributed by atoms with Gasteiger partial charge in [0.2, 0.25) is 11.8 Å². The van der Waals surface area contributed by atoms with Crippen LogP contribution in [0, 0.1) is 0 Å². The van der Waals surface area contributed by atoms with Crippen LogP contribution in [0.2, 0.25) is 0 Å². The molecule has 0 unspecified atom stereocenters. The summed E-state index contributed by atoms with van der Waals surface area (Å²) >= 11 is 0. The average molecular weight is 402 g/mol. The Balaban J connectivity index is 1.47. The zero-order valence-electron chi connectivity index (χ0n) is 16.7. The van der Waals surface area contributed by atoms with Crippen LogP contribution < -0.4 is 19.5 Å². The van der Waals surface area contributed by atoms with E-state index in [2.05, 4.69) is 20.2 Å². The molecule has 0 atom stereocenters. The van der Waals surface area contributed by atoms with Gasteiger partial charge >= 0.3 is 0 Å². The van der Waals surface area contributed by atoms with Crippen molar-refractivity contribution in [2.45, 2.75) is 6.61 Å². The lowest BCUT2D eigenvalue weighted by Crippen LogP contribution is -2.41. The first-order valence-corrected chi connectivity index (χ1v) is 9.45. The molecule has 1 aromatic carbocycles. The van der Waals surface area contributed by atoms with Gasteiger partial charge in [-0.15, -0.1) is 0 Å². The van der Waals surface area contributed by atoms with E-state index in [4.69, 9.17) is 18.9 Å². The van der Waals surface area contributed by atoms with Gasteiger partial charge in [0.15, 0.2) is 5.82 Å². The monoisotopic (exact) mass is 402 g/mol. The predicted molar refractivity (Wildman–Crippen MR) is 106 cm³/mol. The molecule has 156 valence electrons. The topological polar surface area (TPSA) is 95.0 Å². The van der Waals surface area contributed by atoms with Crippen molar-refractivity contribution in [1.29, 1.82) is 0 Å². The van der Waals surface area contributed by atoms with Crippen LogP contribution in [0.25, 0.3) is 0 Å². The summed E-state index contributed by atoms with van der Waals surface area (Å²) in [5, 5.41) is 2.94. The maximum atomic E-state index is 12.3. The van der Waals surface area contributed by atoms with Crippen LogP contribution in [-0.4, -0.2) is 74.4 Å². The van der Waals surface area contributed by atoms with E-state index in [1.165, 1.54) is 14.2 Å². The molecule has 1 aliphatic heterocycles. The third-order valence-corrected chi connectivity index (χ3v) is 4.45. The fraction of sp³-hybridized carbons (Fsp3) is 0.450. The van der Waals surface area contributed by atoms with Gasteiger partial charge in [0, 0.05) is 31.7 Å². The minimum atomic E-state index is -0.106. The fourth-order valence-corrected chi connectivity index (χ4v) is 2.83. The van der Waals surface area contributed by atoms with Gasteiger partial charge in [0.1, 0.15) is 12.4 Å². The van der Waals surface area contributed by atoms with Crippen LogP contribution in [0.15, 0.2) is 30.3 Å². The molecule has 29 heavy (non-hydrogen) atoms. The quantitative estimate of drug-likeness (QED) is 0.667. The molecule has 0 aliphatic carbocycles. The molecule has 2 aromatic rings. The zero-order chi connectivity index (χ0) is 20.5. The Morgan fingerprint density at radius 2 is 1.76 bits per heavy atom. The molecule has 0 spiro atoms. The minimum absolute atomic E-state index is 0.106. The number of methoxy groups -OCH3 is 2. The van der Waals surface area contributed by atoms with Gasteiger partial charge in [-0.3, -0.25) is 9.69 Å². The molecule has 0 radical (unpaired) electrons. The first kappa shape index (κ1) is 20.8. The van der Waals surface area contributed by atoms with Crippen molar-refractivity contribution in [2.75, 3.05) is 53.6 Å². The molecular weight excluding hydrogens is 376 g/mol. The Hall–Kier alpha value is -2.91. The fourth-order valence-electron chi connectivity index (χ4n) is 2.83. The number of carbonyl (C=O) groups excluding carboxylic acids is 1. The summed E-state index contributed by atoms with van der Waals surface area (Å²) in [5.41, 5.74) is 0.582. The van der Waals surface area contributed by atoms with E-state index in [-0.39, 0.29) is 12.5 Å². The molecule has 9 heteroatoms. The maximum Gasteiger partial charge on any atom is 0.251 e.